The first-order valence-electron chi connectivity index (χ1n) is 5.26. The molecule has 1 aromatic rings. The first-order valence-corrected chi connectivity index (χ1v) is 5.26. The third-order valence-corrected chi connectivity index (χ3v) is 2.89. The minimum atomic E-state index is 0.737. The summed E-state index contributed by atoms with van der Waals surface area (Å²) in [5.74, 6) is 0.737. The average Bonchev–Trinajstić information content (AvgIpc) is 2.13. The average molecular weight is 190 g/mol. The van der Waals surface area contributed by atoms with Gasteiger partial charge in [-0.2, -0.15) is 0 Å². The zero-order valence-electron chi connectivity index (χ0n) is 8.74. The highest BCUT2D eigenvalue weighted by Gasteiger charge is 2.24. The van der Waals surface area contributed by atoms with Gasteiger partial charge in [-0.15, -0.1) is 0 Å². The second kappa shape index (κ2) is 4.11. The van der Waals surface area contributed by atoms with Crippen LogP contribution in [0.3, 0.4) is 0 Å². The number of likely N-dealkylation sites (tertiary alicyclic amines) is 1. The fourth-order valence-corrected chi connectivity index (χ4v) is 1.91. The third kappa shape index (κ3) is 2.14. The zero-order valence-corrected chi connectivity index (χ0v) is 8.74. The Morgan fingerprint density at radius 3 is 2.50 bits per heavy atom. The van der Waals surface area contributed by atoms with E-state index in [-0.39, 0.29) is 0 Å². The van der Waals surface area contributed by atoms with Gasteiger partial charge < -0.3 is 5.73 Å². The second-order valence-electron chi connectivity index (χ2n) is 4.28. The van der Waals surface area contributed by atoms with Crippen molar-refractivity contribution in [2.75, 3.05) is 19.6 Å². The maximum absolute atomic E-state index is 5.58. The van der Waals surface area contributed by atoms with E-state index in [9.17, 15) is 0 Å². The van der Waals surface area contributed by atoms with Gasteiger partial charge in [0.2, 0.25) is 0 Å². The summed E-state index contributed by atoms with van der Waals surface area (Å²) in [7, 11) is 0. The predicted molar refractivity (Wildman–Crippen MR) is 59.0 cm³/mol. The Hall–Kier alpha value is -0.860. The van der Waals surface area contributed by atoms with E-state index in [2.05, 4.69) is 36.1 Å². The van der Waals surface area contributed by atoms with Crippen molar-refractivity contribution in [1.82, 2.24) is 4.90 Å². The lowest BCUT2D eigenvalue weighted by molar-refractivity contribution is 0.0979. The molecule has 0 radical (unpaired) electrons. The number of benzene rings is 1. The molecule has 2 nitrogen and oxygen atoms in total. The van der Waals surface area contributed by atoms with Gasteiger partial charge in [-0.25, -0.2) is 0 Å². The van der Waals surface area contributed by atoms with Crippen molar-refractivity contribution in [1.29, 1.82) is 0 Å². The Morgan fingerprint density at radius 2 is 1.93 bits per heavy atom. The number of hydrogen-bond donors (Lipinski definition) is 1. The van der Waals surface area contributed by atoms with Gasteiger partial charge in [0.15, 0.2) is 0 Å². The molecule has 0 bridgehead atoms. The van der Waals surface area contributed by atoms with E-state index in [0.29, 0.717) is 0 Å². The first-order chi connectivity index (χ1) is 6.78. The smallest absolute Gasteiger partial charge is 0.0234 e. The topological polar surface area (TPSA) is 29.3 Å². The van der Waals surface area contributed by atoms with Crippen LogP contribution in [-0.2, 0) is 6.54 Å². The molecular formula is C12H18N2. The van der Waals surface area contributed by atoms with Gasteiger partial charge >= 0.3 is 0 Å². The lowest BCUT2D eigenvalue weighted by atomic mass is 9.99. The summed E-state index contributed by atoms with van der Waals surface area (Å²) in [4.78, 5) is 2.45. The van der Waals surface area contributed by atoms with Gasteiger partial charge in [0.25, 0.3) is 0 Å². The highest BCUT2D eigenvalue weighted by atomic mass is 15.2. The lowest BCUT2D eigenvalue weighted by Gasteiger charge is -2.38. The van der Waals surface area contributed by atoms with Crippen LogP contribution in [0.4, 0.5) is 0 Å². The maximum atomic E-state index is 5.58. The molecule has 0 spiro atoms. The maximum Gasteiger partial charge on any atom is 0.0234 e. The fraction of sp³-hybridized carbons (Fsp3) is 0.500. The van der Waals surface area contributed by atoms with Crippen LogP contribution in [0.2, 0.25) is 0 Å². The van der Waals surface area contributed by atoms with Crippen LogP contribution in [-0.4, -0.2) is 24.5 Å². The Balaban J connectivity index is 1.84. The van der Waals surface area contributed by atoms with Crippen molar-refractivity contribution in [3.8, 4) is 0 Å². The van der Waals surface area contributed by atoms with Gasteiger partial charge in [0, 0.05) is 19.6 Å². The lowest BCUT2D eigenvalue weighted by Crippen LogP contribution is -2.49. The van der Waals surface area contributed by atoms with E-state index in [1.807, 2.05) is 0 Å². The monoisotopic (exact) mass is 190 g/mol. The van der Waals surface area contributed by atoms with Gasteiger partial charge in [-0.3, -0.25) is 4.90 Å². The van der Waals surface area contributed by atoms with Gasteiger partial charge in [0.05, 0.1) is 0 Å². The van der Waals surface area contributed by atoms with E-state index in [1.54, 1.807) is 0 Å². The molecule has 0 amide bonds. The zero-order chi connectivity index (χ0) is 9.97. The van der Waals surface area contributed by atoms with Crippen LogP contribution in [0, 0.1) is 12.8 Å². The normalized spacial score (nSPS) is 18.1. The van der Waals surface area contributed by atoms with Crippen LogP contribution in [0.15, 0.2) is 24.3 Å². The summed E-state index contributed by atoms with van der Waals surface area (Å²) in [6, 6.07) is 8.78. The molecule has 0 unspecified atom stereocenters. The largest absolute Gasteiger partial charge is 0.330 e. The quantitative estimate of drug-likeness (QED) is 0.780. The second-order valence-corrected chi connectivity index (χ2v) is 4.28. The summed E-state index contributed by atoms with van der Waals surface area (Å²) < 4.78 is 0. The minimum absolute atomic E-state index is 0.737. The van der Waals surface area contributed by atoms with Crippen molar-refractivity contribution in [3.05, 3.63) is 35.4 Å². The molecule has 0 atom stereocenters. The number of nitrogens with zero attached hydrogens (tertiary/aromatic N) is 1. The van der Waals surface area contributed by atoms with Crippen molar-refractivity contribution in [3.63, 3.8) is 0 Å². The molecule has 1 aromatic carbocycles. The van der Waals surface area contributed by atoms with Crippen molar-refractivity contribution in [2.45, 2.75) is 13.5 Å². The van der Waals surface area contributed by atoms with E-state index in [4.69, 9.17) is 5.73 Å². The number of aryl methyl sites for hydroxylation is 1. The molecule has 76 valence electrons. The van der Waals surface area contributed by atoms with Crippen LogP contribution in [0.1, 0.15) is 11.1 Å². The van der Waals surface area contributed by atoms with Gasteiger partial charge in [-0.05, 0) is 24.9 Å². The molecule has 1 aliphatic heterocycles. The molecule has 0 aliphatic carbocycles. The molecular weight excluding hydrogens is 172 g/mol. The highest BCUT2D eigenvalue weighted by molar-refractivity contribution is 5.21. The van der Waals surface area contributed by atoms with Crippen LogP contribution in [0.25, 0.3) is 0 Å². The molecule has 2 heteroatoms. The Bertz CT molecular complexity index is 286. The summed E-state index contributed by atoms with van der Waals surface area (Å²) in [6.45, 7) is 6.38. The predicted octanol–water partition coefficient (Wildman–Crippen LogP) is 1.39. The van der Waals surface area contributed by atoms with E-state index in [0.717, 1.165) is 19.0 Å². The van der Waals surface area contributed by atoms with E-state index in [1.165, 1.54) is 24.2 Å². The SMILES string of the molecule is Cc1ccc(CN2CC(CN)C2)cc1. The summed E-state index contributed by atoms with van der Waals surface area (Å²) in [6.07, 6.45) is 0. The molecule has 0 saturated carbocycles. The Morgan fingerprint density at radius 1 is 1.29 bits per heavy atom. The molecule has 1 heterocycles. The molecule has 14 heavy (non-hydrogen) atoms. The van der Waals surface area contributed by atoms with Crippen LogP contribution < -0.4 is 5.73 Å². The van der Waals surface area contributed by atoms with Crippen molar-refractivity contribution >= 4 is 0 Å². The fourth-order valence-electron chi connectivity index (χ4n) is 1.91. The number of nitrogens with two attached hydrogens (primary N) is 1. The summed E-state index contributed by atoms with van der Waals surface area (Å²) in [5, 5.41) is 0. The third-order valence-electron chi connectivity index (χ3n) is 2.89. The molecule has 1 saturated heterocycles. The Kier molecular flexibility index (Phi) is 2.85. The van der Waals surface area contributed by atoms with Crippen molar-refractivity contribution < 1.29 is 0 Å². The van der Waals surface area contributed by atoms with E-state index < -0.39 is 0 Å². The first kappa shape index (κ1) is 9.69. The summed E-state index contributed by atoms with van der Waals surface area (Å²) in [5.41, 5.74) is 8.32. The molecule has 0 aromatic heterocycles. The highest BCUT2D eigenvalue weighted by Crippen LogP contribution is 2.17. The van der Waals surface area contributed by atoms with Gasteiger partial charge in [0.1, 0.15) is 0 Å². The van der Waals surface area contributed by atoms with Crippen molar-refractivity contribution in [2.24, 2.45) is 11.7 Å². The molecule has 2 N–H and O–H groups in total. The van der Waals surface area contributed by atoms with Gasteiger partial charge in [-0.1, -0.05) is 29.8 Å². The molecule has 1 fully saturated rings. The summed E-state index contributed by atoms with van der Waals surface area (Å²) >= 11 is 0. The van der Waals surface area contributed by atoms with Crippen LogP contribution in [0.5, 0.6) is 0 Å². The van der Waals surface area contributed by atoms with Crippen LogP contribution >= 0.6 is 0 Å². The minimum Gasteiger partial charge on any atom is -0.330 e. The number of rotatable bonds is 3. The standard InChI is InChI=1S/C12H18N2/c1-10-2-4-11(5-3-10)7-14-8-12(6-13)9-14/h2-5,12H,6-9,13H2,1H3. The van der Waals surface area contributed by atoms with E-state index >= 15 is 0 Å². The Labute approximate surface area is 85.7 Å². The molecule has 2 rings (SSSR count). The molecule has 1 aliphatic rings. The number of hydrogen-bond acceptors (Lipinski definition) is 2.